The van der Waals surface area contributed by atoms with Crippen molar-refractivity contribution in [2.45, 2.75) is 32.4 Å². The first-order valence-corrected chi connectivity index (χ1v) is 13.2. The lowest BCUT2D eigenvalue weighted by Gasteiger charge is -2.38. The molecule has 1 aromatic carbocycles. The minimum absolute atomic E-state index is 0.180. The maximum Gasteiger partial charge on any atom is 0.414 e. The molecule has 1 aliphatic rings. The van der Waals surface area contributed by atoms with Crippen molar-refractivity contribution in [3.63, 3.8) is 0 Å². The highest BCUT2D eigenvalue weighted by Crippen LogP contribution is 2.35. The summed E-state index contributed by atoms with van der Waals surface area (Å²) in [5.41, 5.74) is 2.30. The number of sulfonamides is 1. The van der Waals surface area contributed by atoms with E-state index in [1.807, 2.05) is 0 Å². The highest BCUT2D eigenvalue weighted by atomic mass is 35.5. The average Bonchev–Trinajstić information content (AvgIpc) is 3.25. The summed E-state index contributed by atoms with van der Waals surface area (Å²) in [6.45, 7) is 5.76. The molecule has 2 atom stereocenters. The van der Waals surface area contributed by atoms with Gasteiger partial charge in [-0.1, -0.05) is 0 Å². The van der Waals surface area contributed by atoms with Gasteiger partial charge in [-0.2, -0.15) is 0 Å². The molecule has 0 aliphatic carbocycles. The topological polar surface area (TPSA) is 153 Å². The fourth-order valence-corrected chi connectivity index (χ4v) is 5.29. The van der Waals surface area contributed by atoms with Gasteiger partial charge >= 0.3 is 11.9 Å². The molecule has 186 valence electrons. The zero-order valence-corrected chi connectivity index (χ0v) is 20.9. The molecule has 0 saturated carbocycles. The van der Waals surface area contributed by atoms with Crippen molar-refractivity contribution in [2.75, 3.05) is 23.0 Å². The van der Waals surface area contributed by atoms with Crippen LogP contribution in [0.4, 0.5) is 5.69 Å². The van der Waals surface area contributed by atoms with Crippen LogP contribution in [0.15, 0.2) is 35.7 Å². The molecule has 0 spiro atoms. The van der Waals surface area contributed by atoms with E-state index in [1.54, 1.807) is 35.6 Å². The SMILES string of the molecule is C[C@@H]1Cc2ccsc2[C@H](C)N1CCNC(=O)c1ccc(NS(=O)(=O)CCl)cc1.O=C(O)C(=O)O. The Bertz CT molecular complexity index is 1110. The van der Waals surface area contributed by atoms with Gasteiger partial charge in [-0.05, 0) is 61.5 Å². The van der Waals surface area contributed by atoms with Crippen LogP contribution in [0.2, 0.25) is 0 Å². The Kier molecular flexibility index (Phi) is 9.86. The Labute approximate surface area is 206 Å². The standard InChI is InChI=1S/C19H24ClN3O3S2.C2H2O4/c1-13-11-16-7-10-27-18(16)14(2)23(13)9-8-21-19(24)15-3-5-17(6-4-15)22-28(25,26)12-20;3-1(4)2(5)6/h3-7,10,13-14,22H,8-9,11-12H2,1-2H3,(H,21,24);(H,3,4)(H,5,6)/t13-,14+;/m1./s1. The molecule has 1 aromatic heterocycles. The fourth-order valence-electron chi connectivity index (χ4n) is 3.56. The molecule has 0 saturated heterocycles. The number of nitrogens with zero attached hydrogens (tertiary/aromatic N) is 1. The quantitative estimate of drug-likeness (QED) is 0.314. The third-order valence-corrected chi connectivity index (χ3v) is 7.97. The highest BCUT2D eigenvalue weighted by Gasteiger charge is 2.29. The second kappa shape index (κ2) is 12.2. The molecule has 13 heteroatoms. The van der Waals surface area contributed by atoms with E-state index >= 15 is 0 Å². The van der Waals surface area contributed by atoms with E-state index in [0.29, 0.717) is 29.9 Å². The minimum Gasteiger partial charge on any atom is -0.473 e. The lowest BCUT2D eigenvalue weighted by Crippen LogP contribution is -2.44. The van der Waals surface area contributed by atoms with Crippen LogP contribution in [0, 0.1) is 0 Å². The summed E-state index contributed by atoms with van der Waals surface area (Å²) in [4.78, 5) is 34.4. The molecular formula is C21H26ClN3O7S2. The maximum atomic E-state index is 12.4. The molecule has 2 aromatic rings. The largest absolute Gasteiger partial charge is 0.473 e. The average molecular weight is 532 g/mol. The van der Waals surface area contributed by atoms with Crippen LogP contribution in [-0.2, 0) is 26.0 Å². The van der Waals surface area contributed by atoms with Crippen LogP contribution in [-0.4, -0.2) is 65.7 Å². The Hall–Kier alpha value is -2.67. The molecule has 1 amide bonds. The van der Waals surface area contributed by atoms with Gasteiger partial charge in [-0.3, -0.25) is 14.4 Å². The van der Waals surface area contributed by atoms with Crippen molar-refractivity contribution in [1.82, 2.24) is 10.2 Å². The number of thiophene rings is 1. The smallest absolute Gasteiger partial charge is 0.414 e. The van der Waals surface area contributed by atoms with Crippen LogP contribution in [0.1, 0.15) is 40.7 Å². The molecule has 1 aliphatic heterocycles. The maximum absolute atomic E-state index is 12.4. The summed E-state index contributed by atoms with van der Waals surface area (Å²) in [6, 6.07) is 9.27. The second-order valence-corrected chi connectivity index (χ2v) is 10.8. The third kappa shape index (κ3) is 7.69. The number of aliphatic carboxylic acids is 2. The van der Waals surface area contributed by atoms with Crippen LogP contribution in [0.5, 0.6) is 0 Å². The normalized spacial score (nSPS) is 17.6. The fraction of sp³-hybridized carbons (Fsp3) is 0.381. The molecule has 2 heterocycles. The third-order valence-electron chi connectivity index (χ3n) is 5.14. The molecule has 0 radical (unpaired) electrons. The highest BCUT2D eigenvalue weighted by molar-refractivity contribution is 7.93. The van der Waals surface area contributed by atoms with E-state index in [2.05, 4.69) is 40.2 Å². The number of halogens is 1. The van der Waals surface area contributed by atoms with Crippen molar-refractivity contribution in [1.29, 1.82) is 0 Å². The number of alkyl halides is 1. The number of anilines is 1. The van der Waals surface area contributed by atoms with Gasteiger partial charge in [0.1, 0.15) is 5.21 Å². The molecule has 4 N–H and O–H groups in total. The number of benzene rings is 1. The molecule has 0 bridgehead atoms. The van der Waals surface area contributed by atoms with Gasteiger partial charge in [0, 0.05) is 41.3 Å². The van der Waals surface area contributed by atoms with Crippen molar-refractivity contribution >= 4 is 56.5 Å². The monoisotopic (exact) mass is 531 g/mol. The number of amides is 1. The number of rotatable bonds is 7. The van der Waals surface area contributed by atoms with Crippen molar-refractivity contribution in [3.05, 3.63) is 51.7 Å². The van der Waals surface area contributed by atoms with E-state index < -0.39 is 27.2 Å². The molecule has 10 nitrogen and oxygen atoms in total. The molecule has 0 unspecified atom stereocenters. The van der Waals surface area contributed by atoms with E-state index in [1.165, 1.54) is 10.4 Å². The van der Waals surface area contributed by atoms with Crippen LogP contribution < -0.4 is 10.0 Å². The van der Waals surface area contributed by atoms with E-state index in [9.17, 15) is 13.2 Å². The molecule has 3 rings (SSSR count). The molecular weight excluding hydrogens is 506 g/mol. The number of carboxylic acids is 2. The van der Waals surface area contributed by atoms with Gasteiger partial charge < -0.3 is 15.5 Å². The van der Waals surface area contributed by atoms with Gasteiger partial charge in [0.2, 0.25) is 10.0 Å². The zero-order chi connectivity index (χ0) is 25.5. The van der Waals surface area contributed by atoms with Gasteiger partial charge in [-0.25, -0.2) is 18.0 Å². The Morgan fingerprint density at radius 2 is 1.74 bits per heavy atom. The molecule has 34 heavy (non-hydrogen) atoms. The minimum atomic E-state index is -3.55. The van der Waals surface area contributed by atoms with Gasteiger partial charge in [0.25, 0.3) is 5.91 Å². The van der Waals surface area contributed by atoms with Gasteiger partial charge in [0.05, 0.1) is 0 Å². The summed E-state index contributed by atoms with van der Waals surface area (Å²) in [5, 5.41) is 19.4. The number of fused-ring (bicyclic) bond motifs is 1. The van der Waals surface area contributed by atoms with E-state index in [0.717, 1.165) is 13.0 Å². The van der Waals surface area contributed by atoms with Crippen molar-refractivity contribution < 1.29 is 33.0 Å². The number of carbonyl (C=O) groups is 3. The summed E-state index contributed by atoms with van der Waals surface area (Å²) in [7, 11) is -3.55. The first-order chi connectivity index (χ1) is 15.9. The van der Waals surface area contributed by atoms with Crippen LogP contribution >= 0.6 is 22.9 Å². The summed E-state index contributed by atoms with van der Waals surface area (Å²) in [5.74, 6) is -3.83. The predicted molar refractivity (Wildman–Crippen MR) is 130 cm³/mol. The van der Waals surface area contributed by atoms with Crippen molar-refractivity contribution in [2.24, 2.45) is 0 Å². The number of hydrogen-bond acceptors (Lipinski definition) is 7. The molecule has 0 fully saturated rings. The lowest BCUT2D eigenvalue weighted by molar-refractivity contribution is -0.159. The van der Waals surface area contributed by atoms with Gasteiger partial charge in [0.15, 0.2) is 0 Å². The summed E-state index contributed by atoms with van der Waals surface area (Å²) >= 11 is 7.17. The first kappa shape index (κ1) is 27.6. The Balaban J connectivity index is 0.000000604. The predicted octanol–water partition coefficient (Wildman–Crippen LogP) is 2.58. The van der Waals surface area contributed by atoms with E-state index in [4.69, 9.17) is 31.4 Å². The van der Waals surface area contributed by atoms with E-state index in [-0.39, 0.29) is 5.91 Å². The number of nitrogens with one attached hydrogen (secondary N) is 2. The Morgan fingerprint density at radius 3 is 2.29 bits per heavy atom. The number of carboxylic acid groups (broad SMARTS) is 2. The first-order valence-electron chi connectivity index (χ1n) is 10.2. The lowest BCUT2D eigenvalue weighted by atomic mass is 9.97. The summed E-state index contributed by atoms with van der Waals surface area (Å²) < 4.78 is 25.3. The van der Waals surface area contributed by atoms with Crippen LogP contribution in [0.25, 0.3) is 0 Å². The van der Waals surface area contributed by atoms with Crippen LogP contribution in [0.3, 0.4) is 0 Å². The van der Waals surface area contributed by atoms with Gasteiger partial charge in [-0.15, -0.1) is 22.9 Å². The number of carbonyl (C=O) groups excluding carboxylic acids is 1. The summed E-state index contributed by atoms with van der Waals surface area (Å²) in [6.07, 6.45) is 1.04. The zero-order valence-electron chi connectivity index (χ0n) is 18.5. The second-order valence-electron chi connectivity index (χ2n) is 7.55. The van der Waals surface area contributed by atoms with Crippen molar-refractivity contribution in [3.8, 4) is 0 Å². The Morgan fingerprint density at radius 1 is 1.12 bits per heavy atom. The number of hydrogen-bond donors (Lipinski definition) is 4.